The van der Waals surface area contributed by atoms with Gasteiger partial charge in [0.1, 0.15) is 0 Å². The Balaban J connectivity index is 3.97. The van der Waals surface area contributed by atoms with Gasteiger partial charge in [-0.2, -0.15) is 0 Å². The molecule has 7 heteroatoms. The van der Waals surface area contributed by atoms with E-state index in [2.05, 4.69) is 26.3 Å². The zero-order valence-corrected chi connectivity index (χ0v) is 14.8. The Labute approximate surface area is 136 Å². The van der Waals surface area contributed by atoms with Crippen molar-refractivity contribution in [2.24, 2.45) is 0 Å². The quantitative estimate of drug-likeness (QED) is 0.216. The Morgan fingerprint density at radius 1 is 0.636 bits per heavy atom. The molecule has 126 valence electrons. The summed E-state index contributed by atoms with van der Waals surface area (Å²) >= 11 is 0. The molecule has 0 saturated heterocycles. The van der Waals surface area contributed by atoms with E-state index in [1.165, 1.54) is 0 Å². The molecule has 0 saturated carbocycles. The minimum Gasteiger partial charge on any atom is -0.332 e. The Hall–Kier alpha value is -0.380. The van der Waals surface area contributed by atoms with Crippen LogP contribution in [0.15, 0.2) is 50.6 Å². The second-order valence-electron chi connectivity index (χ2n) is 3.78. The Kier molecular flexibility index (Phi) is 16.7. The molecular weight excluding hydrogens is 322 g/mol. The van der Waals surface area contributed by atoms with E-state index in [0.29, 0.717) is 33.0 Å². The lowest BCUT2D eigenvalue weighted by Gasteiger charge is -2.18. The van der Waals surface area contributed by atoms with Crippen molar-refractivity contribution in [1.82, 2.24) is 0 Å². The molecule has 0 aromatic heterocycles. The maximum Gasteiger partial charge on any atom is 0.333 e. The van der Waals surface area contributed by atoms with Gasteiger partial charge >= 0.3 is 8.60 Å². The van der Waals surface area contributed by atoms with Crippen molar-refractivity contribution < 1.29 is 22.6 Å². The van der Waals surface area contributed by atoms with E-state index < -0.39 is 17.0 Å². The van der Waals surface area contributed by atoms with E-state index >= 15 is 0 Å². The normalized spacial score (nSPS) is 12.0. The van der Waals surface area contributed by atoms with Crippen LogP contribution in [-0.4, -0.2) is 39.2 Å². The van der Waals surface area contributed by atoms with Crippen molar-refractivity contribution in [3.63, 3.8) is 0 Å². The highest BCUT2D eigenvalue weighted by atomic mass is 31.2. The minimum atomic E-state index is -1.41. The van der Waals surface area contributed by atoms with Gasteiger partial charge in [-0.25, -0.2) is 0 Å². The monoisotopic (exact) mass is 348 g/mol. The van der Waals surface area contributed by atoms with Gasteiger partial charge in [-0.05, 0) is 6.42 Å². The second-order valence-corrected chi connectivity index (χ2v) is 6.63. The second kappa shape index (κ2) is 17.0. The van der Waals surface area contributed by atoms with Crippen LogP contribution in [0, 0.1) is 0 Å². The van der Waals surface area contributed by atoms with Gasteiger partial charge in [0, 0.05) is 6.16 Å². The summed E-state index contributed by atoms with van der Waals surface area (Å²) in [4.78, 5) is 0. The third kappa shape index (κ3) is 13.3. The third-order valence-corrected chi connectivity index (χ3v) is 4.61. The maximum atomic E-state index is 5.69. The molecule has 0 spiro atoms. The lowest BCUT2D eigenvalue weighted by Crippen LogP contribution is -2.04. The SMILES string of the molecule is C=CCCP(OCC=C)OCCOP(OCC=C)OCC=C. The zero-order chi connectivity index (χ0) is 16.5. The van der Waals surface area contributed by atoms with Gasteiger partial charge in [0.2, 0.25) is 0 Å². The fourth-order valence-corrected chi connectivity index (χ4v) is 3.27. The molecule has 1 unspecified atom stereocenters. The summed E-state index contributed by atoms with van der Waals surface area (Å²) in [5, 5.41) is 0. The fourth-order valence-electron chi connectivity index (χ4n) is 1.09. The lowest BCUT2D eigenvalue weighted by molar-refractivity contribution is 0.151. The third-order valence-electron chi connectivity index (χ3n) is 1.96. The first-order valence-corrected chi connectivity index (χ1v) is 9.40. The summed E-state index contributed by atoms with van der Waals surface area (Å²) in [5.41, 5.74) is 0. The van der Waals surface area contributed by atoms with E-state index in [9.17, 15) is 0 Å². The molecule has 1 atom stereocenters. The predicted octanol–water partition coefficient (Wildman–Crippen LogP) is 4.74. The van der Waals surface area contributed by atoms with E-state index in [-0.39, 0.29) is 0 Å². The smallest absolute Gasteiger partial charge is 0.332 e. The zero-order valence-electron chi connectivity index (χ0n) is 13.0. The van der Waals surface area contributed by atoms with Crippen LogP contribution in [0.2, 0.25) is 0 Å². The van der Waals surface area contributed by atoms with Gasteiger partial charge in [-0.1, -0.05) is 24.3 Å². The van der Waals surface area contributed by atoms with E-state index in [0.717, 1.165) is 12.6 Å². The Morgan fingerprint density at radius 3 is 1.73 bits per heavy atom. The molecule has 5 nitrogen and oxygen atoms in total. The van der Waals surface area contributed by atoms with Crippen LogP contribution in [-0.2, 0) is 22.6 Å². The molecular formula is C15H26O5P2. The van der Waals surface area contributed by atoms with Crippen LogP contribution < -0.4 is 0 Å². The van der Waals surface area contributed by atoms with Crippen LogP contribution in [0.5, 0.6) is 0 Å². The standard InChI is InChI=1S/C15H26O5P2/c1-5-9-15-21(16-10-6-2)17-13-14-20-22(18-11-7-3)19-12-8-4/h5-8H,1-4,9-15H2. The van der Waals surface area contributed by atoms with Gasteiger partial charge in [0.15, 0.2) is 8.38 Å². The van der Waals surface area contributed by atoms with Gasteiger partial charge < -0.3 is 22.6 Å². The van der Waals surface area contributed by atoms with Crippen molar-refractivity contribution >= 4 is 17.0 Å². The van der Waals surface area contributed by atoms with Gasteiger partial charge in [0.05, 0.1) is 33.0 Å². The van der Waals surface area contributed by atoms with Crippen LogP contribution >= 0.6 is 17.0 Å². The summed E-state index contributed by atoms with van der Waals surface area (Å²) < 4.78 is 27.5. The van der Waals surface area contributed by atoms with Crippen molar-refractivity contribution in [3.8, 4) is 0 Å². The summed E-state index contributed by atoms with van der Waals surface area (Å²) in [6, 6.07) is 0. The van der Waals surface area contributed by atoms with Crippen molar-refractivity contribution in [3.05, 3.63) is 50.6 Å². The number of hydrogen-bond donors (Lipinski definition) is 0. The van der Waals surface area contributed by atoms with Crippen LogP contribution in [0.3, 0.4) is 0 Å². The first-order valence-electron chi connectivity index (χ1n) is 6.94. The molecule has 0 heterocycles. The average Bonchev–Trinajstić information content (AvgIpc) is 2.54. The number of allylic oxidation sites excluding steroid dienone is 1. The van der Waals surface area contributed by atoms with Gasteiger partial charge in [0.25, 0.3) is 0 Å². The Bertz CT molecular complexity index is 258. The molecule has 0 rings (SSSR count). The topological polar surface area (TPSA) is 46.2 Å². The molecule has 0 radical (unpaired) electrons. The molecule has 22 heavy (non-hydrogen) atoms. The largest absolute Gasteiger partial charge is 0.333 e. The highest BCUT2D eigenvalue weighted by Crippen LogP contribution is 2.41. The molecule has 0 aromatic carbocycles. The molecule has 0 amide bonds. The van der Waals surface area contributed by atoms with Crippen LogP contribution in [0.4, 0.5) is 0 Å². The highest BCUT2D eigenvalue weighted by Gasteiger charge is 2.13. The first-order chi connectivity index (χ1) is 10.8. The molecule has 0 N–H and O–H groups in total. The van der Waals surface area contributed by atoms with Crippen molar-refractivity contribution in [1.29, 1.82) is 0 Å². The Morgan fingerprint density at radius 2 is 1.18 bits per heavy atom. The summed E-state index contributed by atoms with van der Waals surface area (Å²) in [6.45, 7) is 16.5. The summed E-state index contributed by atoms with van der Waals surface area (Å²) in [7, 11) is -2.37. The predicted molar refractivity (Wildman–Crippen MR) is 93.9 cm³/mol. The van der Waals surface area contributed by atoms with Crippen LogP contribution in [0.25, 0.3) is 0 Å². The van der Waals surface area contributed by atoms with Crippen molar-refractivity contribution in [2.45, 2.75) is 6.42 Å². The molecule has 0 aliphatic heterocycles. The average molecular weight is 348 g/mol. The maximum absolute atomic E-state index is 5.69. The first kappa shape index (κ1) is 21.6. The van der Waals surface area contributed by atoms with E-state index in [1.54, 1.807) is 18.2 Å². The van der Waals surface area contributed by atoms with Gasteiger partial charge in [-0.3, -0.25) is 0 Å². The molecule has 0 aromatic rings. The molecule has 0 fully saturated rings. The van der Waals surface area contributed by atoms with E-state index in [4.69, 9.17) is 22.6 Å². The summed E-state index contributed by atoms with van der Waals surface area (Å²) in [6.07, 6.45) is 8.49. The number of rotatable bonds is 17. The van der Waals surface area contributed by atoms with E-state index in [1.807, 2.05) is 6.08 Å². The minimum absolute atomic E-state index is 0.365. The fraction of sp³-hybridized carbons (Fsp3) is 0.467. The number of hydrogen-bond acceptors (Lipinski definition) is 5. The van der Waals surface area contributed by atoms with Crippen LogP contribution in [0.1, 0.15) is 6.42 Å². The highest BCUT2D eigenvalue weighted by molar-refractivity contribution is 7.47. The van der Waals surface area contributed by atoms with Crippen molar-refractivity contribution in [2.75, 3.05) is 39.2 Å². The molecule has 0 bridgehead atoms. The van der Waals surface area contributed by atoms with Gasteiger partial charge in [-0.15, -0.1) is 26.3 Å². The molecule has 0 aliphatic carbocycles. The lowest BCUT2D eigenvalue weighted by atomic mass is 10.5. The molecule has 0 aliphatic rings. The summed E-state index contributed by atoms with van der Waals surface area (Å²) in [5.74, 6) is 0.